The molecule has 0 aromatic heterocycles. The number of carbonyl (C=O) groups is 1. The van der Waals surface area contributed by atoms with E-state index >= 15 is 0 Å². The molecule has 1 heterocycles. The fraction of sp³-hybridized carbons (Fsp3) is 0.318. The van der Waals surface area contributed by atoms with Crippen LogP contribution in [0.3, 0.4) is 0 Å². The molecule has 1 amide bonds. The van der Waals surface area contributed by atoms with Crippen LogP contribution < -0.4 is 9.64 Å². The minimum atomic E-state index is -0.528. The number of nitrogens with zero attached hydrogens (tertiary/aromatic N) is 1. The summed E-state index contributed by atoms with van der Waals surface area (Å²) in [6.45, 7) is 3.89. The van der Waals surface area contributed by atoms with Gasteiger partial charge >= 0.3 is 0 Å². The Bertz CT molecular complexity index is 789. The van der Waals surface area contributed by atoms with Gasteiger partial charge in [-0.05, 0) is 35.9 Å². The van der Waals surface area contributed by atoms with Crippen LogP contribution in [0, 0.1) is 0 Å². The highest BCUT2D eigenvalue weighted by molar-refractivity contribution is 6.30. The van der Waals surface area contributed by atoms with E-state index in [9.17, 15) is 9.90 Å². The van der Waals surface area contributed by atoms with Crippen LogP contribution in [0.4, 0.5) is 0 Å². The highest BCUT2D eigenvalue weighted by atomic mass is 35.5. The second-order valence-electron chi connectivity index (χ2n) is 6.95. The zero-order valence-corrected chi connectivity index (χ0v) is 16.5. The molecule has 0 bridgehead atoms. The minimum absolute atomic E-state index is 0.00647. The molecule has 6 heteroatoms. The third-order valence-electron chi connectivity index (χ3n) is 4.76. The van der Waals surface area contributed by atoms with Crippen LogP contribution in [0.25, 0.3) is 6.08 Å². The summed E-state index contributed by atoms with van der Waals surface area (Å²) < 4.78 is 5.60. The van der Waals surface area contributed by atoms with E-state index < -0.39 is 6.10 Å². The van der Waals surface area contributed by atoms with Gasteiger partial charge in [0.05, 0.1) is 26.2 Å². The van der Waals surface area contributed by atoms with E-state index in [1.807, 2.05) is 59.5 Å². The average molecular weight is 402 g/mol. The SMILES string of the molecule is O=C(/C=C/c1cccc(Cl)c1)N1CC[NH+](C[C@H](O)COc2ccccc2)CC1. The van der Waals surface area contributed by atoms with Crippen LogP contribution in [-0.2, 0) is 4.79 Å². The van der Waals surface area contributed by atoms with Gasteiger partial charge in [0, 0.05) is 11.1 Å². The lowest BCUT2D eigenvalue weighted by atomic mass is 10.2. The summed E-state index contributed by atoms with van der Waals surface area (Å²) in [5.41, 5.74) is 0.909. The van der Waals surface area contributed by atoms with Gasteiger partial charge in [-0.2, -0.15) is 0 Å². The number of rotatable bonds is 7. The quantitative estimate of drug-likeness (QED) is 0.692. The Hall–Kier alpha value is -2.34. The van der Waals surface area contributed by atoms with Crippen LogP contribution in [-0.4, -0.2) is 61.3 Å². The molecule has 0 saturated carbocycles. The van der Waals surface area contributed by atoms with Crippen molar-refractivity contribution in [1.82, 2.24) is 4.90 Å². The van der Waals surface area contributed by atoms with Crippen LogP contribution >= 0.6 is 11.6 Å². The second kappa shape index (κ2) is 10.3. The van der Waals surface area contributed by atoms with Gasteiger partial charge in [0.1, 0.15) is 25.0 Å². The molecule has 1 fully saturated rings. The molecule has 0 aliphatic carbocycles. The number of aliphatic hydroxyl groups excluding tert-OH is 1. The molecule has 3 rings (SSSR count). The number of benzene rings is 2. The Morgan fingerprint density at radius 1 is 1.18 bits per heavy atom. The molecule has 148 valence electrons. The normalized spacial score (nSPS) is 16.3. The minimum Gasteiger partial charge on any atom is -0.491 e. The zero-order chi connectivity index (χ0) is 19.8. The van der Waals surface area contributed by atoms with E-state index in [1.54, 1.807) is 12.2 Å². The van der Waals surface area contributed by atoms with E-state index in [2.05, 4.69) is 0 Å². The number of hydrogen-bond acceptors (Lipinski definition) is 3. The summed E-state index contributed by atoms with van der Waals surface area (Å²) in [7, 11) is 0. The number of ether oxygens (including phenoxy) is 1. The van der Waals surface area contributed by atoms with E-state index in [-0.39, 0.29) is 12.5 Å². The maximum Gasteiger partial charge on any atom is 0.246 e. The van der Waals surface area contributed by atoms with Crippen LogP contribution in [0.2, 0.25) is 5.02 Å². The number of para-hydroxylation sites is 1. The molecule has 0 spiro atoms. The number of quaternary nitrogens is 1. The summed E-state index contributed by atoms with van der Waals surface area (Å²) in [5, 5.41) is 10.9. The van der Waals surface area contributed by atoms with Gasteiger partial charge in [-0.3, -0.25) is 4.79 Å². The number of aliphatic hydroxyl groups is 1. The lowest BCUT2D eigenvalue weighted by molar-refractivity contribution is -0.907. The molecule has 1 aliphatic heterocycles. The van der Waals surface area contributed by atoms with Crippen molar-refractivity contribution < 1.29 is 19.5 Å². The Labute approximate surface area is 170 Å². The molecule has 1 saturated heterocycles. The molecule has 5 nitrogen and oxygen atoms in total. The maximum atomic E-state index is 12.4. The first-order chi connectivity index (χ1) is 13.6. The Kier molecular flexibility index (Phi) is 7.48. The third-order valence-corrected chi connectivity index (χ3v) is 4.99. The van der Waals surface area contributed by atoms with Gasteiger partial charge in [-0.15, -0.1) is 0 Å². The van der Waals surface area contributed by atoms with E-state index in [0.717, 1.165) is 24.4 Å². The fourth-order valence-electron chi connectivity index (χ4n) is 3.23. The van der Waals surface area contributed by atoms with Gasteiger partial charge in [-0.1, -0.05) is 41.9 Å². The predicted molar refractivity (Wildman–Crippen MR) is 111 cm³/mol. The van der Waals surface area contributed by atoms with Gasteiger partial charge in [0.2, 0.25) is 5.91 Å². The van der Waals surface area contributed by atoms with Crippen LogP contribution in [0.5, 0.6) is 5.75 Å². The second-order valence-corrected chi connectivity index (χ2v) is 7.38. The first-order valence-corrected chi connectivity index (χ1v) is 9.90. The van der Waals surface area contributed by atoms with Gasteiger partial charge in [0.15, 0.2) is 0 Å². The Morgan fingerprint density at radius 3 is 2.64 bits per heavy atom. The molecular formula is C22H26ClN2O3+. The van der Waals surface area contributed by atoms with Crippen molar-refractivity contribution in [3.05, 3.63) is 71.3 Å². The number of halogens is 1. The third kappa shape index (κ3) is 6.37. The van der Waals surface area contributed by atoms with E-state index in [0.29, 0.717) is 24.7 Å². The topological polar surface area (TPSA) is 54.2 Å². The van der Waals surface area contributed by atoms with Crippen molar-refractivity contribution in [2.75, 3.05) is 39.3 Å². The van der Waals surface area contributed by atoms with E-state index in [4.69, 9.17) is 16.3 Å². The Morgan fingerprint density at radius 2 is 1.93 bits per heavy atom. The highest BCUT2D eigenvalue weighted by Crippen LogP contribution is 2.12. The average Bonchev–Trinajstić information content (AvgIpc) is 2.72. The fourth-order valence-corrected chi connectivity index (χ4v) is 3.43. The zero-order valence-electron chi connectivity index (χ0n) is 15.8. The Balaban J connectivity index is 1.39. The molecular weight excluding hydrogens is 376 g/mol. The monoisotopic (exact) mass is 401 g/mol. The summed E-state index contributed by atoms with van der Waals surface area (Å²) in [4.78, 5) is 15.5. The first kappa shape index (κ1) is 20.4. The molecule has 2 aromatic rings. The van der Waals surface area contributed by atoms with Crippen molar-refractivity contribution in [3.63, 3.8) is 0 Å². The van der Waals surface area contributed by atoms with Crippen molar-refractivity contribution in [2.45, 2.75) is 6.10 Å². The molecule has 2 N–H and O–H groups in total. The molecule has 28 heavy (non-hydrogen) atoms. The lowest BCUT2D eigenvalue weighted by Crippen LogP contribution is -3.15. The van der Waals surface area contributed by atoms with Crippen molar-refractivity contribution >= 4 is 23.6 Å². The van der Waals surface area contributed by atoms with Crippen LogP contribution in [0.15, 0.2) is 60.7 Å². The molecule has 2 aromatic carbocycles. The standard InChI is InChI=1S/C22H25ClN2O3/c23-19-6-4-5-18(15-19)9-10-22(27)25-13-11-24(12-14-25)16-20(26)17-28-21-7-2-1-3-8-21/h1-10,15,20,26H,11-14,16-17H2/p+1/b10-9+/t20-/m0/s1. The summed E-state index contributed by atoms with van der Waals surface area (Å²) in [6, 6.07) is 16.9. The summed E-state index contributed by atoms with van der Waals surface area (Å²) >= 11 is 5.96. The van der Waals surface area contributed by atoms with Gasteiger partial charge in [0.25, 0.3) is 0 Å². The molecule has 1 atom stereocenters. The largest absolute Gasteiger partial charge is 0.491 e. The number of hydrogen-bond donors (Lipinski definition) is 2. The number of piperazine rings is 1. The summed E-state index contributed by atoms with van der Waals surface area (Å²) in [5.74, 6) is 0.769. The lowest BCUT2D eigenvalue weighted by Gasteiger charge is -2.32. The predicted octanol–water partition coefficient (Wildman–Crippen LogP) is 1.52. The van der Waals surface area contributed by atoms with Crippen LogP contribution in [0.1, 0.15) is 5.56 Å². The van der Waals surface area contributed by atoms with Crippen molar-refractivity contribution in [3.8, 4) is 5.75 Å². The van der Waals surface area contributed by atoms with Crippen molar-refractivity contribution in [2.24, 2.45) is 0 Å². The number of nitrogens with one attached hydrogen (secondary N) is 1. The first-order valence-electron chi connectivity index (χ1n) is 9.52. The molecule has 0 radical (unpaired) electrons. The maximum absolute atomic E-state index is 12.4. The van der Waals surface area contributed by atoms with Crippen molar-refractivity contribution in [1.29, 1.82) is 0 Å². The summed E-state index contributed by atoms with van der Waals surface area (Å²) in [6.07, 6.45) is 2.86. The number of amides is 1. The van der Waals surface area contributed by atoms with E-state index in [1.165, 1.54) is 4.90 Å². The highest BCUT2D eigenvalue weighted by Gasteiger charge is 2.24. The molecule has 0 unspecified atom stereocenters. The molecule has 1 aliphatic rings. The smallest absolute Gasteiger partial charge is 0.246 e. The number of carbonyl (C=O) groups excluding carboxylic acids is 1. The van der Waals surface area contributed by atoms with Gasteiger partial charge < -0.3 is 19.6 Å². The van der Waals surface area contributed by atoms with Gasteiger partial charge in [-0.25, -0.2) is 0 Å².